The largest absolute Gasteiger partial charge is 0.394 e. The zero-order chi connectivity index (χ0) is 29.0. The van der Waals surface area contributed by atoms with Gasteiger partial charge in [-0.2, -0.15) is 0 Å². The lowest BCUT2D eigenvalue weighted by Crippen LogP contribution is -2.42. The Bertz CT molecular complexity index is 1600. The van der Waals surface area contributed by atoms with Crippen LogP contribution in [0.3, 0.4) is 0 Å². The third kappa shape index (κ3) is 4.12. The quantitative estimate of drug-likeness (QED) is 0.266. The fourth-order valence-electron chi connectivity index (χ4n) is 6.60. The highest BCUT2D eigenvalue weighted by Gasteiger charge is 2.64. The molecule has 4 heterocycles. The number of imidazole rings is 1. The van der Waals surface area contributed by atoms with Crippen LogP contribution in [0.2, 0.25) is 0 Å². The molecular weight excluding hydrogens is 530 g/mol. The van der Waals surface area contributed by atoms with Crippen LogP contribution in [-0.2, 0) is 19.7 Å². The number of ether oxygens (including phenoxy) is 3. The molecule has 0 aliphatic carbocycles. The van der Waals surface area contributed by atoms with Crippen LogP contribution in [0.15, 0.2) is 104 Å². The van der Waals surface area contributed by atoms with Gasteiger partial charge < -0.3 is 24.6 Å². The van der Waals surface area contributed by atoms with Crippen LogP contribution in [0.5, 0.6) is 0 Å². The number of fused-ring (bicyclic) bond motifs is 2. The maximum Gasteiger partial charge on any atom is 0.168 e. The van der Waals surface area contributed by atoms with Gasteiger partial charge in [-0.25, -0.2) is 15.0 Å². The van der Waals surface area contributed by atoms with Crippen molar-refractivity contribution in [3.8, 4) is 0 Å². The third-order valence-corrected chi connectivity index (χ3v) is 8.29. The number of hydrogen-bond acceptors (Lipinski definition) is 8. The Kier molecular flexibility index (Phi) is 6.36. The van der Waals surface area contributed by atoms with E-state index in [2.05, 4.69) is 46.7 Å². The summed E-state index contributed by atoms with van der Waals surface area (Å²) < 4.78 is 20.7. The summed E-state index contributed by atoms with van der Waals surface area (Å²) in [5.41, 5.74) is 2.65. The van der Waals surface area contributed by atoms with Crippen LogP contribution >= 0.6 is 0 Å². The first-order chi connectivity index (χ1) is 20.4. The fourth-order valence-corrected chi connectivity index (χ4v) is 6.60. The van der Waals surface area contributed by atoms with Gasteiger partial charge in [0.25, 0.3) is 0 Å². The highest BCUT2D eigenvalue weighted by Crippen LogP contribution is 2.51. The standard InChI is InChI=1S/C33H33N5O4/c1-31(2)41-27-25(19-39)40-30(32(27,3)42-31)38-21-36-26-28(34-20-35-29(26)38)37-33(22-13-7-4-8-14-22,23-15-9-5-10-16-23)24-17-11-6-12-18-24/h4-18,20-21,25,27,30,39H,19H2,1-3H3,(H,34,35,37)/t25-,27-,30-,32-/m1/s1. The highest BCUT2D eigenvalue weighted by molar-refractivity contribution is 5.84. The van der Waals surface area contributed by atoms with Crippen molar-refractivity contribution in [1.82, 2.24) is 19.5 Å². The molecule has 2 N–H and O–H groups in total. The van der Waals surface area contributed by atoms with Crippen LogP contribution in [0, 0.1) is 0 Å². The molecule has 9 heteroatoms. The second kappa shape index (κ2) is 9.99. The molecule has 0 unspecified atom stereocenters. The van der Waals surface area contributed by atoms with E-state index in [4.69, 9.17) is 24.2 Å². The lowest BCUT2D eigenvalue weighted by atomic mass is 9.77. The highest BCUT2D eigenvalue weighted by atomic mass is 16.8. The summed E-state index contributed by atoms with van der Waals surface area (Å²) in [6.45, 7) is 5.49. The molecule has 2 fully saturated rings. The summed E-state index contributed by atoms with van der Waals surface area (Å²) in [5, 5.41) is 13.9. The van der Waals surface area contributed by atoms with Gasteiger partial charge in [-0.15, -0.1) is 0 Å². The summed E-state index contributed by atoms with van der Waals surface area (Å²) in [7, 11) is 0. The smallest absolute Gasteiger partial charge is 0.168 e. The summed E-state index contributed by atoms with van der Waals surface area (Å²) in [6, 6.07) is 31.0. The van der Waals surface area contributed by atoms with E-state index >= 15 is 0 Å². The summed E-state index contributed by atoms with van der Waals surface area (Å²) in [4.78, 5) is 14.1. The number of rotatable bonds is 7. The molecule has 3 aromatic carbocycles. The zero-order valence-electron chi connectivity index (χ0n) is 23.7. The van der Waals surface area contributed by atoms with Crippen LogP contribution in [0.1, 0.15) is 43.7 Å². The Morgan fingerprint density at radius 3 is 1.95 bits per heavy atom. The second-order valence-corrected chi connectivity index (χ2v) is 11.5. The molecule has 0 spiro atoms. The lowest BCUT2D eigenvalue weighted by molar-refractivity contribution is -0.217. The van der Waals surface area contributed by atoms with E-state index in [1.807, 2.05) is 79.9 Å². The van der Waals surface area contributed by atoms with Crippen molar-refractivity contribution in [2.24, 2.45) is 0 Å². The van der Waals surface area contributed by atoms with E-state index in [0.29, 0.717) is 17.0 Å². The van der Waals surface area contributed by atoms with Gasteiger partial charge >= 0.3 is 0 Å². The summed E-state index contributed by atoms with van der Waals surface area (Å²) in [6.07, 6.45) is 1.59. The van der Waals surface area contributed by atoms with Crippen molar-refractivity contribution in [1.29, 1.82) is 0 Å². The molecule has 4 atom stereocenters. The van der Waals surface area contributed by atoms with Crippen molar-refractivity contribution >= 4 is 17.0 Å². The van der Waals surface area contributed by atoms with Crippen LogP contribution in [0.4, 0.5) is 5.82 Å². The van der Waals surface area contributed by atoms with E-state index in [-0.39, 0.29) is 6.61 Å². The number of aliphatic hydroxyl groups is 1. The number of benzene rings is 3. The first-order valence-corrected chi connectivity index (χ1v) is 14.1. The summed E-state index contributed by atoms with van der Waals surface area (Å²) in [5.74, 6) is -0.259. The van der Waals surface area contributed by atoms with Gasteiger partial charge in [0.15, 0.2) is 29.0 Å². The molecule has 9 nitrogen and oxygen atoms in total. The Morgan fingerprint density at radius 2 is 1.40 bits per heavy atom. The lowest BCUT2D eigenvalue weighted by Gasteiger charge is -2.37. The molecule has 214 valence electrons. The monoisotopic (exact) mass is 563 g/mol. The topological polar surface area (TPSA) is 104 Å². The van der Waals surface area contributed by atoms with Crippen molar-refractivity contribution in [2.45, 2.75) is 56.1 Å². The van der Waals surface area contributed by atoms with Gasteiger partial charge in [-0.05, 0) is 37.5 Å². The van der Waals surface area contributed by atoms with Gasteiger partial charge in [0.05, 0.1) is 12.9 Å². The zero-order valence-corrected chi connectivity index (χ0v) is 23.7. The van der Waals surface area contributed by atoms with E-state index in [1.165, 1.54) is 6.33 Å². The Morgan fingerprint density at radius 1 is 0.833 bits per heavy atom. The van der Waals surface area contributed by atoms with Gasteiger partial charge in [0.2, 0.25) is 0 Å². The second-order valence-electron chi connectivity index (χ2n) is 11.5. The molecule has 2 aromatic heterocycles. The molecule has 42 heavy (non-hydrogen) atoms. The fraction of sp³-hybridized carbons (Fsp3) is 0.303. The van der Waals surface area contributed by atoms with Crippen molar-refractivity contribution < 1.29 is 19.3 Å². The van der Waals surface area contributed by atoms with E-state index in [0.717, 1.165) is 16.7 Å². The molecule has 2 aliphatic heterocycles. The number of anilines is 1. The number of aromatic nitrogens is 4. The van der Waals surface area contributed by atoms with Crippen molar-refractivity contribution in [3.05, 3.63) is 120 Å². The predicted octanol–water partition coefficient (Wildman–Crippen LogP) is 5.03. The van der Waals surface area contributed by atoms with Crippen LogP contribution < -0.4 is 5.32 Å². The number of nitrogens with zero attached hydrogens (tertiary/aromatic N) is 4. The SMILES string of the molecule is CC1(C)O[C@@H]2[C@@H](CO)O[C@@H](n3cnc4c(NC(c5ccccc5)(c5ccccc5)c5ccccc5)ncnc43)[C@]2(C)O1. The average Bonchev–Trinajstić information content (AvgIpc) is 3.63. The van der Waals surface area contributed by atoms with Gasteiger partial charge in [0, 0.05) is 0 Å². The Hall–Kier alpha value is -4.15. The molecular formula is C33H33N5O4. The maximum atomic E-state index is 10.1. The number of hydrogen-bond donors (Lipinski definition) is 2. The minimum atomic E-state index is -0.870. The number of aliphatic hydroxyl groups excluding tert-OH is 1. The van der Waals surface area contributed by atoms with Gasteiger partial charge in [-0.1, -0.05) is 91.0 Å². The summed E-state index contributed by atoms with van der Waals surface area (Å²) >= 11 is 0. The number of nitrogens with one attached hydrogen (secondary N) is 1. The first-order valence-electron chi connectivity index (χ1n) is 14.1. The predicted molar refractivity (Wildman–Crippen MR) is 158 cm³/mol. The minimum Gasteiger partial charge on any atom is -0.394 e. The molecule has 0 radical (unpaired) electrons. The van der Waals surface area contributed by atoms with Crippen molar-refractivity contribution in [3.63, 3.8) is 0 Å². The molecule has 5 aromatic rings. The van der Waals surface area contributed by atoms with Crippen LogP contribution in [-0.4, -0.2) is 54.8 Å². The molecule has 0 saturated carbocycles. The first kappa shape index (κ1) is 26.7. The van der Waals surface area contributed by atoms with Crippen molar-refractivity contribution in [2.75, 3.05) is 11.9 Å². The van der Waals surface area contributed by atoms with Gasteiger partial charge in [0.1, 0.15) is 29.7 Å². The maximum absolute atomic E-state index is 10.1. The van der Waals surface area contributed by atoms with E-state index in [1.54, 1.807) is 6.33 Å². The van der Waals surface area contributed by atoms with E-state index < -0.39 is 35.4 Å². The van der Waals surface area contributed by atoms with Crippen LogP contribution in [0.25, 0.3) is 11.2 Å². The van der Waals surface area contributed by atoms with E-state index in [9.17, 15) is 5.11 Å². The normalized spacial score (nSPS) is 25.0. The average molecular weight is 564 g/mol. The molecule has 2 aliphatic rings. The Balaban J connectivity index is 1.38. The molecule has 7 rings (SSSR count). The Labute approximate surface area is 244 Å². The molecule has 0 amide bonds. The molecule has 2 saturated heterocycles. The molecule has 0 bridgehead atoms. The third-order valence-electron chi connectivity index (χ3n) is 8.29. The minimum absolute atomic E-state index is 0.196. The van der Waals surface area contributed by atoms with Gasteiger partial charge in [-0.3, -0.25) is 4.57 Å².